The normalized spacial score (nSPS) is 24.8. The predicted octanol–water partition coefficient (Wildman–Crippen LogP) is 1.65. The minimum Gasteiger partial charge on any atom is -0.381 e. The van der Waals surface area contributed by atoms with Crippen LogP contribution in [0.1, 0.15) is 11.3 Å². The molecule has 1 fully saturated rings. The molecule has 3 heteroatoms. The number of thiophene rings is 1. The van der Waals surface area contributed by atoms with Crippen LogP contribution < -0.4 is 5.73 Å². The smallest absolute Gasteiger partial charge is 0.0510 e. The van der Waals surface area contributed by atoms with Gasteiger partial charge in [-0.3, -0.25) is 0 Å². The standard InChI is InChI=1S/C10H15NOS/c11-10(8-3-4-12-7-8)6-9-2-1-5-13-9/h1-2,5,8,10H,3-4,6-7,11H2. The SMILES string of the molecule is NC(Cc1cccs1)C1CCOC1. The highest BCUT2D eigenvalue weighted by Gasteiger charge is 2.22. The molecule has 0 aromatic carbocycles. The van der Waals surface area contributed by atoms with Crippen molar-refractivity contribution in [1.82, 2.24) is 0 Å². The van der Waals surface area contributed by atoms with Gasteiger partial charge in [-0.15, -0.1) is 11.3 Å². The third-order valence-corrected chi connectivity index (χ3v) is 3.49. The van der Waals surface area contributed by atoms with E-state index in [9.17, 15) is 0 Å². The van der Waals surface area contributed by atoms with Gasteiger partial charge in [0.15, 0.2) is 0 Å². The molecule has 1 aliphatic rings. The van der Waals surface area contributed by atoms with Gasteiger partial charge in [0, 0.05) is 17.5 Å². The maximum Gasteiger partial charge on any atom is 0.0510 e. The molecule has 0 saturated carbocycles. The summed E-state index contributed by atoms with van der Waals surface area (Å²) in [7, 11) is 0. The van der Waals surface area contributed by atoms with Crippen LogP contribution in [-0.4, -0.2) is 19.3 Å². The Morgan fingerprint density at radius 1 is 1.69 bits per heavy atom. The summed E-state index contributed by atoms with van der Waals surface area (Å²) in [5.41, 5.74) is 6.10. The van der Waals surface area contributed by atoms with Gasteiger partial charge in [-0.2, -0.15) is 0 Å². The van der Waals surface area contributed by atoms with Crippen LogP contribution in [0.25, 0.3) is 0 Å². The van der Waals surface area contributed by atoms with Crippen molar-refractivity contribution in [2.75, 3.05) is 13.2 Å². The van der Waals surface area contributed by atoms with Crippen molar-refractivity contribution in [3.8, 4) is 0 Å². The third-order valence-electron chi connectivity index (χ3n) is 2.59. The zero-order valence-corrected chi connectivity index (χ0v) is 8.43. The molecule has 2 nitrogen and oxygen atoms in total. The molecule has 1 saturated heterocycles. The fraction of sp³-hybridized carbons (Fsp3) is 0.600. The molecule has 0 aliphatic carbocycles. The lowest BCUT2D eigenvalue weighted by atomic mass is 9.97. The van der Waals surface area contributed by atoms with Crippen LogP contribution in [0.4, 0.5) is 0 Å². The number of hydrogen-bond donors (Lipinski definition) is 1. The van der Waals surface area contributed by atoms with E-state index < -0.39 is 0 Å². The highest BCUT2D eigenvalue weighted by molar-refractivity contribution is 7.09. The predicted molar refractivity (Wildman–Crippen MR) is 54.9 cm³/mol. The number of hydrogen-bond acceptors (Lipinski definition) is 3. The Labute approximate surface area is 82.7 Å². The van der Waals surface area contributed by atoms with Crippen LogP contribution in [-0.2, 0) is 11.2 Å². The van der Waals surface area contributed by atoms with Crippen molar-refractivity contribution in [3.63, 3.8) is 0 Å². The van der Waals surface area contributed by atoms with Crippen LogP contribution in [0.2, 0.25) is 0 Å². The zero-order valence-electron chi connectivity index (χ0n) is 7.61. The van der Waals surface area contributed by atoms with E-state index in [4.69, 9.17) is 10.5 Å². The van der Waals surface area contributed by atoms with E-state index in [0.717, 1.165) is 26.1 Å². The Hall–Kier alpha value is -0.380. The van der Waals surface area contributed by atoms with Gasteiger partial charge in [0.2, 0.25) is 0 Å². The molecule has 0 amide bonds. The first kappa shape index (κ1) is 9.19. The molecule has 2 atom stereocenters. The molecular formula is C10H15NOS. The largest absolute Gasteiger partial charge is 0.381 e. The number of ether oxygens (including phenoxy) is 1. The van der Waals surface area contributed by atoms with Crippen LogP contribution in [0.3, 0.4) is 0 Å². The zero-order chi connectivity index (χ0) is 9.10. The molecule has 2 rings (SSSR count). The van der Waals surface area contributed by atoms with E-state index in [1.165, 1.54) is 4.88 Å². The molecule has 13 heavy (non-hydrogen) atoms. The second kappa shape index (κ2) is 4.22. The van der Waals surface area contributed by atoms with Gasteiger partial charge in [0.05, 0.1) is 6.61 Å². The first-order chi connectivity index (χ1) is 6.36. The Morgan fingerprint density at radius 2 is 2.62 bits per heavy atom. The van der Waals surface area contributed by atoms with Gasteiger partial charge in [0.1, 0.15) is 0 Å². The first-order valence-electron chi connectivity index (χ1n) is 4.72. The molecule has 1 aromatic rings. The topological polar surface area (TPSA) is 35.2 Å². The fourth-order valence-corrected chi connectivity index (χ4v) is 2.50. The third kappa shape index (κ3) is 2.30. The van der Waals surface area contributed by atoms with E-state index >= 15 is 0 Å². The molecule has 0 bridgehead atoms. The molecule has 1 aliphatic heterocycles. The summed E-state index contributed by atoms with van der Waals surface area (Å²) in [5, 5.41) is 2.10. The molecule has 1 aromatic heterocycles. The van der Waals surface area contributed by atoms with Crippen LogP contribution in [0.5, 0.6) is 0 Å². The molecule has 2 unspecified atom stereocenters. The van der Waals surface area contributed by atoms with E-state index in [-0.39, 0.29) is 6.04 Å². The quantitative estimate of drug-likeness (QED) is 0.799. The minimum atomic E-state index is 0.279. The maximum absolute atomic E-state index is 6.10. The number of rotatable bonds is 3. The molecule has 2 N–H and O–H groups in total. The van der Waals surface area contributed by atoms with Gasteiger partial charge in [0.25, 0.3) is 0 Å². The summed E-state index contributed by atoms with van der Waals surface area (Å²) >= 11 is 1.79. The van der Waals surface area contributed by atoms with Crippen molar-refractivity contribution in [1.29, 1.82) is 0 Å². The van der Waals surface area contributed by atoms with E-state index in [0.29, 0.717) is 5.92 Å². The summed E-state index contributed by atoms with van der Waals surface area (Å²) in [5.74, 6) is 0.571. The summed E-state index contributed by atoms with van der Waals surface area (Å²) in [6, 6.07) is 4.51. The average molecular weight is 197 g/mol. The second-order valence-electron chi connectivity index (χ2n) is 3.57. The van der Waals surface area contributed by atoms with Crippen molar-refractivity contribution in [2.24, 2.45) is 11.7 Å². The number of nitrogens with two attached hydrogens (primary N) is 1. The van der Waals surface area contributed by atoms with Crippen molar-refractivity contribution in [2.45, 2.75) is 18.9 Å². The van der Waals surface area contributed by atoms with Gasteiger partial charge in [-0.05, 0) is 30.2 Å². The highest BCUT2D eigenvalue weighted by atomic mass is 32.1. The summed E-state index contributed by atoms with van der Waals surface area (Å²) in [4.78, 5) is 1.39. The monoisotopic (exact) mass is 197 g/mol. The molecule has 0 spiro atoms. The van der Waals surface area contributed by atoms with Crippen LogP contribution >= 0.6 is 11.3 Å². The van der Waals surface area contributed by atoms with Crippen molar-refractivity contribution in [3.05, 3.63) is 22.4 Å². The van der Waals surface area contributed by atoms with E-state index in [2.05, 4.69) is 17.5 Å². The summed E-state index contributed by atoms with van der Waals surface area (Å²) in [6.07, 6.45) is 2.14. The van der Waals surface area contributed by atoms with E-state index in [1.807, 2.05) is 0 Å². The highest BCUT2D eigenvalue weighted by Crippen LogP contribution is 2.20. The van der Waals surface area contributed by atoms with Gasteiger partial charge in [-0.1, -0.05) is 6.07 Å². The van der Waals surface area contributed by atoms with Crippen LogP contribution in [0, 0.1) is 5.92 Å². The lowest BCUT2D eigenvalue weighted by Gasteiger charge is -2.16. The van der Waals surface area contributed by atoms with Crippen molar-refractivity contribution < 1.29 is 4.74 Å². The lowest BCUT2D eigenvalue weighted by molar-refractivity contribution is 0.180. The average Bonchev–Trinajstić information content (AvgIpc) is 2.74. The summed E-state index contributed by atoms with van der Waals surface area (Å²) < 4.78 is 5.32. The fourth-order valence-electron chi connectivity index (χ4n) is 1.72. The molecule has 2 heterocycles. The Balaban J connectivity index is 1.87. The molecule has 0 radical (unpaired) electrons. The lowest BCUT2D eigenvalue weighted by Crippen LogP contribution is -2.32. The summed E-state index contributed by atoms with van der Waals surface area (Å²) in [6.45, 7) is 1.75. The second-order valence-corrected chi connectivity index (χ2v) is 4.60. The first-order valence-corrected chi connectivity index (χ1v) is 5.60. The van der Waals surface area contributed by atoms with Gasteiger partial charge >= 0.3 is 0 Å². The molecule has 72 valence electrons. The van der Waals surface area contributed by atoms with Crippen LogP contribution in [0.15, 0.2) is 17.5 Å². The van der Waals surface area contributed by atoms with E-state index in [1.54, 1.807) is 11.3 Å². The van der Waals surface area contributed by atoms with Crippen molar-refractivity contribution >= 4 is 11.3 Å². The Morgan fingerprint density at radius 3 is 3.23 bits per heavy atom. The minimum absolute atomic E-state index is 0.279. The molecular weight excluding hydrogens is 182 g/mol. The Kier molecular flexibility index (Phi) is 2.98. The van der Waals surface area contributed by atoms with Gasteiger partial charge in [-0.25, -0.2) is 0 Å². The maximum atomic E-state index is 6.10. The Bertz CT molecular complexity index is 241. The van der Waals surface area contributed by atoms with Gasteiger partial charge < -0.3 is 10.5 Å².